The van der Waals surface area contributed by atoms with Crippen LogP contribution in [0.1, 0.15) is 31.2 Å². The van der Waals surface area contributed by atoms with Crippen LogP contribution in [-0.4, -0.2) is 118 Å². The Morgan fingerprint density at radius 2 is 0.877 bits per heavy atom. The molecule has 9 aromatic rings. The fourth-order valence-electron chi connectivity index (χ4n) is 8.58. The van der Waals surface area contributed by atoms with Gasteiger partial charge in [0.2, 0.25) is 11.9 Å². The van der Waals surface area contributed by atoms with Crippen LogP contribution in [0.4, 0.5) is 23.3 Å². The lowest BCUT2D eigenvalue weighted by molar-refractivity contribution is 0.185. The largest absolute Gasteiger partial charge is 0.497 e. The summed E-state index contributed by atoms with van der Waals surface area (Å²) in [5.41, 5.74) is 8.86. The van der Waals surface area contributed by atoms with Crippen LogP contribution in [0.2, 0.25) is 0 Å². The summed E-state index contributed by atoms with van der Waals surface area (Å²) >= 11 is 0. The maximum atomic E-state index is 7.00. The topological polar surface area (TPSA) is 148 Å². The number of hydrogen-bond donors (Lipinski definition) is 3. The quantitative estimate of drug-likeness (QED) is 0.0796. The summed E-state index contributed by atoms with van der Waals surface area (Å²) in [6.45, 7) is 8.89. The van der Waals surface area contributed by atoms with E-state index in [-0.39, 0.29) is 0 Å². The molecule has 378 valence electrons. The van der Waals surface area contributed by atoms with E-state index in [9.17, 15) is 0 Å². The molecular formula is C58H66N10O5. The number of ether oxygens (including phenoxy) is 4. The Balaban J connectivity index is 0.000000158. The number of aliphatic hydroxyl groups excluding tert-OH is 1. The molecule has 73 heavy (non-hydrogen) atoms. The zero-order valence-electron chi connectivity index (χ0n) is 42.0. The molecule has 4 aromatic heterocycles. The van der Waals surface area contributed by atoms with Crippen LogP contribution in [-0.2, 0) is 11.3 Å². The first-order valence-electron chi connectivity index (χ1n) is 24.9. The molecule has 2 aliphatic heterocycles. The summed E-state index contributed by atoms with van der Waals surface area (Å²) in [4.78, 5) is 14.1. The highest BCUT2D eigenvalue weighted by Crippen LogP contribution is 2.25. The van der Waals surface area contributed by atoms with Crippen molar-refractivity contribution in [3.8, 4) is 39.8 Å². The van der Waals surface area contributed by atoms with E-state index in [0.29, 0.717) is 18.5 Å². The molecule has 0 radical (unpaired) electrons. The zero-order valence-corrected chi connectivity index (χ0v) is 42.0. The van der Waals surface area contributed by atoms with Gasteiger partial charge < -0.3 is 34.7 Å². The second-order valence-corrected chi connectivity index (χ2v) is 17.3. The van der Waals surface area contributed by atoms with E-state index < -0.39 is 0 Å². The van der Waals surface area contributed by atoms with Crippen molar-refractivity contribution in [2.24, 2.45) is 0 Å². The summed E-state index contributed by atoms with van der Waals surface area (Å²) in [5, 5.41) is 22.9. The van der Waals surface area contributed by atoms with Crippen molar-refractivity contribution in [3.05, 3.63) is 175 Å². The van der Waals surface area contributed by atoms with Gasteiger partial charge in [-0.1, -0.05) is 84.9 Å². The van der Waals surface area contributed by atoms with Crippen LogP contribution < -0.4 is 24.8 Å². The van der Waals surface area contributed by atoms with E-state index in [4.69, 9.17) is 24.1 Å². The molecule has 15 heteroatoms. The Kier molecular flexibility index (Phi) is 19.1. The first-order valence-corrected chi connectivity index (χ1v) is 24.9. The molecule has 0 atom stereocenters. The number of aliphatic hydroxyl groups is 1. The summed E-state index contributed by atoms with van der Waals surface area (Å²) in [6, 6.07) is 56.2. The van der Waals surface area contributed by atoms with Crippen LogP contribution in [0.15, 0.2) is 170 Å². The third-order valence-electron chi connectivity index (χ3n) is 12.3. The van der Waals surface area contributed by atoms with Gasteiger partial charge in [-0.05, 0) is 142 Å². The minimum atomic E-state index is 0.570. The second kappa shape index (κ2) is 27.1. The number of aromatic nitrogens is 6. The van der Waals surface area contributed by atoms with Crippen molar-refractivity contribution in [1.82, 2.24) is 39.0 Å². The Labute approximate surface area is 428 Å². The highest BCUT2D eigenvalue weighted by atomic mass is 16.5. The van der Waals surface area contributed by atoms with E-state index in [1.165, 1.54) is 51.9 Å². The van der Waals surface area contributed by atoms with Gasteiger partial charge in [0.15, 0.2) is 11.3 Å². The summed E-state index contributed by atoms with van der Waals surface area (Å²) < 4.78 is 25.5. The molecule has 11 rings (SSSR count). The minimum Gasteiger partial charge on any atom is -0.497 e. The number of fused-ring (bicyclic) bond motifs is 2. The third-order valence-corrected chi connectivity index (χ3v) is 12.3. The van der Waals surface area contributed by atoms with Crippen LogP contribution in [0.3, 0.4) is 0 Å². The fraction of sp³-hybridized carbons (Fsp3) is 0.276. The lowest BCUT2D eigenvalue weighted by atomic mass is 10.1. The molecule has 0 unspecified atom stereocenters. The molecule has 0 amide bonds. The normalized spacial score (nSPS) is 13.3. The van der Waals surface area contributed by atoms with Crippen molar-refractivity contribution in [2.75, 3.05) is 84.4 Å². The zero-order chi connectivity index (χ0) is 50.5. The van der Waals surface area contributed by atoms with Gasteiger partial charge in [-0.3, -0.25) is 9.80 Å². The number of nitrogens with one attached hydrogen (secondary N) is 2. The number of hydrogen-bond acceptors (Lipinski definition) is 13. The average Bonchev–Trinajstić information content (AvgIpc) is 4.31. The standard InChI is InChI=1S/2C24H25N5O.C9H12O2.CH4O/c2*1-2-7-19(8-3-1)22-9-6-10-23-26-24(27-29(22)23)25-20-11-13-21(14-12-20)30-18-17-28-15-4-5-16-28;1-10-7-8-3-5-9(11-2)6-4-8;1-2/h2*1-3,6-14H,4-5,15-18H2,(H,25,27);3-6H,7H2,1-2H3;2H,1H3. The van der Waals surface area contributed by atoms with Gasteiger partial charge >= 0.3 is 0 Å². The molecule has 0 aliphatic carbocycles. The van der Waals surface area contributed by atoms with E-state index >= 15 is 0 Å². The summed E-state index contributed by atoms with van der Waals surface area (Å²) in [7, 11) is 4.34. The minimum absolute atomic E-state index is 0.570. The first-order chi connectivity index (χ1) is 36.1. The first kappa shape index (κ1) is 51.5. The van der Waals surface area contributed by atoms with Gasteiger partial charge in [0.25, 0.3) is 0 Å². The molecule has 5 aromatic carbocycles. The smallest absolute Gasteiger partial charge is 0.247 e. The van der Waals surface area contributed by atoms with Gasteiger partial charge in [0.1, 0.15) is 30.5 Å². The molecule has 6 heterocycles. The maximum Gasteiger partial charge on any atom is 0.247 e. The lowest BCUT2D eigenvalue weighted by Crippen LogP contribution is -2.25. The van der Waals surface area contributed by atoms with E-state index in [0.717, 1.165) is 101 Å². The second-order valence-electron chi connectivity index (χ2n) is 17.3. The molecule has 2 saturated heterocycles. The Hall–Kier alpha value is -7.82. The number of nitrogens with zero attached hydrogens (tertiary/aromatic N) is 8. The predicted octanol–water partition coefficient (Wildman–Crippen LogP) is 10.7. The Morgan fingerprint density at radius 3 is 1.27 bits per heavy atom. The SMILES string of the molecule is CO.COCc1ccc(OC)cc1.c1ccc(-c2cccc3nc(Nc4ccc(OCCN5CCCC5)cc4)nn23)cc1.c1ccc(-c2cccc3nc(Nc4ccc(OCCN5CCCC5)cc4)nn23)cc1. The van der Waals surface area contributed by atoms with Gasteiger partial charge in [-0.25, -0.2) is 9.03 Å². The third kappa shape index (κ3) is 14.9. The number of rotatable bonds is 17. The van der Waals surface area contributed by atoms with Crippen molar-refractivity contribution < 1.29 is 24.1 Å². The molecule has 2 aliphatic rings. The predicted molar refractivity (Wildman–Crippen MR) is 290 cm³/mol. The van der Waals surface area contributed by atoms with Gasteiger partial charge in [0.05, 0.1) is 25.1 Å². The molecule has 15 nitrogen and oxygen atoms in total. The molecule has 0 spiro atoms. The number of pyridine rings is 2. The maximum absolute atomic E-state index is 7.00. The molecule has 3 N–H and O–H groups in total. The van der Waals surface area contributed by atoms with Crippen LogP contribution in [0.5, 0.6) is 17.2 Å². The molecular weight excluding hydrogens is 917 g/mol. The lowest BCUT2D eigenvalue weighted by Gasteiger charge is -2.15. The highest BCUT2D eigenvalue weighted by molar-refractivity contribution is 5.66. The van der Waals surface area contributed by atoms with Gasteiger partial charge in [-0.2, -0.15) is 9.97 Å². The van der Waals surface area contributed by atoms with E-state index in [2.05, 4.69) is 77.0 Å². The molecule has 0 bridgehead atoms. The fourth-order valence-corrected chi connectivity index (χ4v) is 8.58. The number of likely N-dealkylation sites (tertiary alicyclic amines) is 2. The van der Waals surface area contributed by atoms with E-state index in [1.54, 1.807) is 14.2 Å². The van der Waals surface area contributed by atoms with Crippen molar-refractivity contribution in [3.63, 3.8) is 0 Å². The van der Waals surface area contributed by atoms with Gasteiger partial charge in [-0.15, -0.1) is 10.2 Å². The van der Waals surface area contributed by atoms with Crippen LogP contribution in [0, 0.1) is 0 Å². The Morgan fingerprint density at radius 1 is 0.466 bits per heavy atom. The van der Waals surface area contributed by atoms with Crippen LogP contribution in [0.25, 0.3) is 33.8 Å². The van der Waals surface area contributed by atoms with Crippen molar-refractivity contribution in [1.29, 1.82) is 0 Å². The molecule has 0 saturated carbocycles. The Bertz CT molecular complexity index is 2810. The van der Waals surface area contributed by atoms with E-state index in [1.807, 2.05) is 142 Å². The highest BCUT2D eigenvalue weighted by Gasteiger charge is 2.14. The molecule has 2 fully saturated rings. The monoisotopic (exact) mass is 983 g/mol. The number of methoxy groups -OCH3 is 2. The van der Waals surface area contributed by atoms with Crippen molar-refractivity contribution in [2.45, 2.75) is 32.3 Å². The summed E-state index contributed by atoms with van der Waals surface area (Å²) in [6.07, 6.45) is 5.24. The van der Waals surface area contributed by atoms with Crippen molar-refractivity contribution >= 4 is 34.6 Å². The van der Waals surface area contributed by atoms with Gasteiger partial charge in [0, 0.05) is 49.8 Å². The number of anilines is 4. The summed E-state index contributed by atoms with van der Waals surface area (Å²) in [5.74, 6) is 3.79. The number of benzene rings is 5. The average molecular weight is 983 g/mol. The van der Waals surface area contributed by atoms with Crippen LogP contribution >= 0.6 is 0 Å².